The first-order valence-corrected chi connectivity index (χ1v) is 6.45. The van der Waals surface area contributed by atoms with Gasteiger partial charge >= 0.3 is 7.60 Å². The molecule has 0 radical (unpaired) electrons. The predicted molar refractivity (Wildman–Crippen MR) is 55.6 cm³/mol. The molecular weight excluding hydrogens is 203 g/mol. The third-order valence-electron chi connectivity index (χ3n) is 1.93. The minimum absolute atomic E-state index is 0.161. The van der Waals surface area contributed by atoms with Gasteiger partial charge in [0.1, 0.15) is 5.60 Å². The van der Waals surface area contributed by atoms with E-state index in [9.17, 15) is 9.36 Å². The Hall–Kier alpha value is -0.180. The summed E-state index contributed by atoms with van der Waals surface area (Å²) in [6.07, 6.45) is 0.275. The van der Waals surface area contributed by atoms with Gasteiger partial charge in [0.05, 0.1) is 6.61 Å². The molecule has 4 nitrogen and oxygen atoms in total. The monoisotopic (exact) mass is 222 g/mol. The van der Waals surface area contributed by atoms with E-state index in [1.54, 1.807) is 27.7 Å². The van der Waals surface area contributed by atoms with Crippen molar-refractivity contribution in [3.05, 3.63) is 0 Å². The minimum atomic E-state index is -3.10. The van der Waals surface area contributed by atoms with Gasteiger partial charge in [-0.2, -0.15) is 0 Å². The molecule has 1 unspecified atom stereocenters. The first-order valence-electron chi connectivity index (χ1n) is 4.73. The van der Waals surface area contributed by atoms with Crippen LogP contribution in [0.5, 0.6) is 0 Å². The molecule has 5 heteroatoms. The molecule has 84 valence electrons. The molecule has 0 aromatic rings. The van der Waals surface area contributed by atoms with E-state index in [1.807, 2.05) is 0 Å². The van der Waals surface area contributed by atoms with Gasteiger partial charge in [-0.15, -0.1) is 0 Å². The highest BCUT2D eigenvalue weighted by molar-refractivity contribution is 7.53. The fourth-order valence-corrected chi connectivity index (χ4v) is 2.37. The second-order valence-electron chi connectivity index (χ2n) is 3.50. The van der Waals surface area contributed by atoms with E-state index in [0.29, 0.717) is 6.61 Å². The Morgan fingerprint density at radius 1 is 1.36 bits per heavy atom. The fourth-order valence-electron chi connectivity index (χ4n) is 0.791. The number of hydrogen-bond donors (Lipinski definition) is 0. The molecular formula is C9H19O4P. The number of hydrogen-bond acceptors (Lipinski definition) is 4. The molecule has 0 aliphatic heterocycles. The van der Waals surface area contributed by atoms with Crippen molar-refractivity contribution in [2.75, 3.05) is 12.8 Å². The summed E-state index contributed by atoms with van der Waals surface area (Å²) in [5.41, 5.74) is -1.04. The number of carbonyl (C=O) groups excluding carboxylic acids is 1. The molecule has 0 aromatic heterocycles. The maximum atomic E-state index is 11.9. The van der Waals surface area contributed by atoms with Crippen molar-refractivity contribution in [3.8, 4) is 0 Å². The van der Waals surface area contributed by atoms with E-state index in [-0.39, 0.29) is 11.9 Å². The summed E-state index contributed by atoms with van der Waals surface area (Å²) in [7, 11) is -3.10. The molecule has 0 N–H and O–H groups in total. The first kappa shape index (κ1) is 13.8. The lowest BCUT2D eigenvalue weighted by atomic mass is 10.1. The van der Waals surface area contributed by atoms with Crippen molar-refractivity contribution in [2.24, 2.45) is 0 Å². The van der Waals surface area contributed by atoms with E-state index >= 15 is 0 Å². The smallest absolute Gasteiger partial charge is 0.309 e. The van der Waals surface area contributed by atoms with E-state index in [4.69, 9.17) is 9.05 Å². The second-order valence-corrected chi connectivity index (χ2v) is 5.80. The van der Waals surface area contributed by atoms with Gasteiger partial charge in [-0.05, 0) is 27.7 Å². The van der Waals surface area contributed by atoms with Crippen LogP contribution in [0.3, 0.4) is 0 Å². The van der Waals surface area contributed by atoms with Crippen molar-refractivity contribution < 1.29 is 18.4 Å². The van der Waals surface area contributed by atoms with Crippen molar-refractivity contribution in [1.29, 1.82) is 0 Å². The summed E-state index contributed by atoms with van der Waals surface area (Å²) in [4.78, 5) is 11.2. The molecule has 0 aliphatic rings. The zero-order valence-electron chi connectivity index (χ0n) is 9.49. The van der Waals surface area contributed by atoms with Crippen LogP contribution in [0.1, 0.15) is 34.6 Å². The molecule has 0 aromatic carbocycles. The van der Waals surface area contributed by atoms with Crippen molar-refractivity contribution >= 4 is 13.4 Å². The average molecular weight is 222 g/mol. The van der Waals surface area contributed by atoms with Gasteiger partial charge in [0, 0.05) is 6.16 Å². The van der Waals surface area contributed by atoms with Gasteiger partial charge < -0.3 is 4.52 Å². The number of carbonyl (C=O) groups is 1. The lowest BCUT2D eigenvalue weighted by molar-refractivity contribution is -0.130. The van der Waals surface area contributed by atoms with Crippen molar-refractivity contribution in [3.63, 3.8) is 0 Å². The maximum absolute atomic E-state index is 11.9. The van der Waals surface area contributed by atoms with E-state index < -0.39 is 13.2 Å². The number of rotatable bonds is 6. The van der Waals surface area contributed by atoms with E-state index in [1.165, 1.54) is 6.92 Å². The molecule has 0 fully saturated rings. The Morgan fingerprint density at radius 2 is 1.86 bits per heavy atom. The molecule has 0 saturated heterocycles. The van der Waals surface area contributed by atoms with E-state index in [0.717, 1.165) is 0 Å². The summed E-state index contributed by atoms with van der Waals surface area (Å²) >= 11 is 0. The standard InChI is InChI=1S/C9H19O4P/c1-6-12-14(11,7-2)13-9(4,5)8(3)10/h6-7H2,1-5H3. The molecule has 0 saturated carbocycles. The largest absolute Gasteiger partial charge is 0.331 e. The van der Waals surface area contributed by atoms with Crippen LogP contribution in [0.2, 0.25) is 0 Å². The highest BCUT2D eigenvalue weighted by Gasteiger charge is 2.34. The summed E-state index contributed by atoms with van der Waals surface area (Å²) in [6.45, 7) is 8.37. The van der Waals surface area contributed by atoms with Gasteiger partial charge in [-0.1, -0.05) is 6.92 Å². The van der Waals surface area contributed by atoms with Gasteiger partial charge in [0.2, 0.25) is 0 Å². The third-order valence-corrected chi connectivity index (χ3v) is 4.09. The zero-order valence-corrected chi connectivity index (χ0v) is 10.4. The van der Waals surface area contributed by atoms with Gasteiger partial charge in [0.25, 0.3) is 0 Å². The topological polar surface area (TPSA) is 52.6 Å². The molecule has 14 heavy (non-hydrogen) atoms. The molecule has 0 spiro atoms. The Bertz CT molecular complexity index is 247. The van der Waals surface area contributed by atoms with Gasteiger partial charge in [0.15, 0.2) is 5.78 Å². The summed E-state index contributed by atoms with van der Waals surface area (Å²) in [5.74, 6) is -0.161. The average Bonchev–Trinajstić information content (AvgIpc) is 2.03. The Balaban J connectivity index is 4.61. The number of ketones is 1. The van der Waals surface area contributed by atoms with Crippen LogP contribution >= 0.6 is 7.60 Å². The Labute approximate surface area is 85.5 Å². The van der Waals surface area contributed by atoms with Crippen LogP contribution in [0, 0.1) is 0 Å². The zero-order chi connectivity index (χ0) is 11.4. The van der Waals surface area contributed by atoms with Crippen LogP contribution < -0.4 is 0 Å². The van der Waals surface area contributed by atoms with Crippen molar-refractivity contribution in [1.82, 2.24) is 0 Å². The predicted octanol–water partition coefficient (Wildman–Crippen LogP) is 2.62. The quantitative estimate of drug-likeness (QED) is 0.648. The molecule has 0 bridgehead atoms. The minimum Gasteiger partial charge on any atom is -0.309 e. The SMILES string of the molecule is CCOP(=O)(CC)OC(C)(C)C(C)=O. The molecule has 0 heterocycles. The van der Waals surface area contributed by atoms with Crippen LogP contribution in [0.25, 0.3) is 0 Å². The third kappa shape index (κ3) is 3.91. The van der Waals surface area contributed by atoms with Crippen LogP contribution in [0.15, 0.2) is 0 Å². The Morgan fingerprint density at radius 3 is 2.14 bits per heavy atom. The number of Topliss-reactive ketones (excluding diaryl/α,β-unsaturated/α-hetero) is 1. The molecule has 1 atom stereocenters. The second kappa shape index (κ2) is 5.06. The van der Waals surface area contributed by atoms with Crippen LogP contribution in [-0.2, 0) is 18.4 Å². The summed E-state index contributed by atoms with van der Waals surface area (Å²) in [5, 5.41) is 0. The van der Waals surface area contributed by atoms with Crippen LogP contribution in [0.4, 0.5) is 0 Å². The Kier molecular flexibility index (Phi) is 4.99. The highest BCUT2D eigenvalue weighted by Crippen LogP contribution is 2.51. The van der Waals surface area contributed by atoms with Crippen LogP contribution in [-0.4, -0.2) is 24.2 Å². The molecule has 0 aliphatic carbocycles. The lowest BCUT2D eigenvalue weighted by Gasteiger charge is -2.27. The highest BCUT2D eigenvalue weighted by atomic mass is 31.2. The molecule has 0 rings (SSSR count). The van der Waals surface area contributed by atoms with Gasteiger partial charge in [-0.25, -0.2) is 0 Å². The summed E-state index contributed by atoms with van der Waals surface area (Å²) < 4.78 is 22.2. The lowest BCUT2D eigenvalue weighted by Crippen LogP contribution is -2.32. The van der Waals surface area contributed by atoms with Gasteiger partial charge in [-0.3, -0.25) is 13.9 Å². The fraction of sp³-hybridized carbons (Fsp3) is 0.889. The normalized spacial score (nSPS) is 16.4. The maximum Gasteiger partial charge on any atom is 0.331 e. The summed E-state index contributed by atoms with van der Waals surface area (Å²) in [6, 6.07) is 0. The van der Waals surface area contributed by atoms with E-state index in [2.05, 4.69) is 0 Å². The molecule has 0 amide bonds. The van der Waals surface area contributed by atoms with Crippen molar-refractivity contribution in [2.45, 2.75) is 40.2 Å². The first-order chi connectivity index (χ1) is 6.27.